The fraction of sp³-hybridized carbons (Fsp3) is 0.571. The summed E-state index contributed by atoms with van der Waals surface area (Å²) in [6.07, 6.45) is 1.000. The third-order valence-corrected chi connectivity index (χ3v) is 4.41. The van der Waals surface area contributed by atoms with Crippen molar-refractivity contribution in [2.45, 2.75) is 26.3 Å². The smallest absolute Gasteiger partial charge is 0.276 e. The van der Waals surface area contributed by atoms with Crippen LogP contribution in [0, 0.1) is 0 Å². The number of hydrogen-bond acceptors (Lipinski definition) is 3. The van der Waals surface area contributed by atoms with Crippen molar-refractivity contribution in [3.63, 3.8) is 0 Å². The highest BCUT2D eigenvalue weighted by molar-refractivity contribution is 7.87. The molecule has 0 radical (unpaired) electrons. The topological polar surface area (TPSA) is 61.4 Å². The molecule has 1 rings (SSSR count). The lowest BCUT2D eigenvalue weighted by molar-refractivity contribution is 0.299. The molecule has 2 N–H and O–H groups in total. The van der Waals surface area contributed by atoms with E-state index in [2.05, 4.69) is 40.6 Å². The summed E-state index contributed by atoms with van der Waals surface area (Å²) in [6, 6.07) is 8.31. The van der Waals surface area contributed by atoms with Gasteiger partial charge in [-0.1, -0.05) is 38.1 Å². The van der Waals surface area contributed by atoms with Crippen LogP contribution in [-0.2, 0) is 16.6 Å². The lowest BCUT2D eigenvalue weighted by atomic mass is 10.0. The number of likely N-dealkylation sites (N-methyl/N-ethyl adjacent to an activating group) is 1. The Hall–Kier alpha value is -0.950. The fourth-order valence-corrected chi connectivity index (χ4v) is 2.86. The summed E-state index contributed by atoms with van der Waals surface area (Å²) in [7, 11) is 0.481. The summed E-state index contributed by atoms with van der Waals surface area (Å²) >= 11 is 0. The van der Waals surface area contributed by atoms with Gasteiger partial charge in [0.25, 0.3) is 10.2 Å². The van der Waals surface area contributed by atoms with Crippen molar-refractivity contribution in [3.05, 3.63) is 35.4 Å². The standard InChI is InChI=1S/C14H25N3O2S/c1-5-12-7-9-13(10-8-12)14(17(3)4)11-16-20(18,19)15-6-2/h7-10,14-16H,5-6,11H2,1-4H3. The zero-order chi connectivity index (χ0) is 15.2. The van der Waals surface area contributed by atoms with Crippen molar-refractivity contribution in [1.82, 2.24) is 14.3 Å². The van der Waals surface area contributed by atoms with E-state index in [0.717, 1.165) is 12.0 Å². The van der Waals surface area contributed by atoms with Crippen molar-refractivity contribution in [3.8, 4) is 0 Å². The normalized spacial score (nSPS) is 13.7. The summed E-state index contributed by atoms with van der Waals surface area (Å²) in [6.45, 7) is 4.59. The van der Waals surface area contributed by atoms with E-state index < -0.39 is 10.2 Å². The quantitative estimate of drug-likeness (QED) is 0.760. The Morgan fingerprint density at radius 2 is 1.70 bits per heavy atom. The van der Waals surface area contributed by atoms with Crippen LogP contribution in [0.3, 0.4) is 0 Å². The van der Waals surface area contributed by atoms with Crippen molar-refractivity contribution in [2.75, 3.05) is 27.2 Å². The predicted molar refractivity (Wildman–Crippen MR) is 82.8 cm³/mol. The second kappa shape index (κ2) is 7.73. The zero-order valence-corrected chi connectivity index (χ0v) is 13.5. The maximum atomic E-state index is 11.6. The van der Waals surface area contributed by atoms with Crippen LogP contribution in [0.1, 0.15) is 31.0 Å². The second-order valence-electron chi connectivity index (χ2n) is 4.92. The highest BCUT2D eigenvalue weighted by Gasteiger charge is 2.17. The van der Waals surface area contributed by atoms with Crippen LogP contribution in [0.5, 0.6) is 0 Å². The molecule has 0 spiro atoms. The highest BCUT2D eigenvalue weighted by Crippen LogP contribution is 2.18. The number of nitrogens with one attached hydrogen (secondary N) is 2. The SMILES string of the molecule is CCNS(=O)(=O)NCC(c1ccc(CC)cc1)N(C)C. The van der Waals surface area contributed by atoms with E-state index in [4.69, 9.17) is 0 Å². The maximum absolute atomic E-state index is 11.6. The number of nitrogens with zero attached hydrogens (tertiary/aromatic N) is 1. The molecule has 0 aromatic heterocycles. The Labute approximate surface area is 122 Å². The minimum absolute atomic E-state index is 0.00865. The van der Waals surface area contributed by atoms with Gasteiger partial charge in [0.1, 0.15) is 0 Å². The highest BCUT2D eigenvalue weighted by atomic mass is 32.2. The minimum Gasteiger partial charge on any atom is -0.301 e. The van der Waals surface area contributed by atoms with Crippen LogP contribution in [0.4, 0.5) is 0 Å². The number of hydrogen-bond donors (Lipinski definition) is 2. The van der Waals surface area contributed by atoms with E-state index in [-0.39, 0.29) is 6.04 Å². The lowest BCUT2D eigenvalue weighted by Gasteiger charge is -2.25. The number of benzene rings is 1. The van der Waals surface area contributed by atoms with Gasteiger partial charge in [-0.15, -0.1) is 0 Å². The molecule has 1 unspecified atom stereocenters. The largest absolute Gasteiger partial charge is 0.301 e. The lowest BCUT2D eigenvalue weighted by Crippen LogP contribution is -2.41. The predicted octanol–water partition coefficient (Wildman–Crippen LogP) is 1.30. The monoisotopic (exact) mass is 299 g/mol. The average Bonchev–Trinajstić information content (AvgIpc) is 2.39. The van der Waals surface area contributed by atoms with Crippen LogP contribution in [0.15, 0.2) is 24.3 Å². The first-order chi connectivity index (χ1) is 9.39. The van der Waals surface area contributed by atoms with E-state index in [1.165, 1.54) is 5.56 Å². The van der Waals surface area contributed by atoms with Gasteiger partial charge >= 0.3 is 0 Å². The molecule has 5 nitrogen and oxygen atoms in total. The molecule has 1 atom stereocenters. The van der Waals surface area contributed by atoms with Gasteiger partial charge in [0.05, 0.1) is 0 Å². The van der Waals surface area contributed by atoms with Gasteiger partial charge in [-0.25, -0.2) is 9.44 Å². The first kappa shape index (κ1) is 17.1. The molecule has 1 aromatic rings. The molecule has 0 saturated heterocycles. The summed E-state index contributed by atoms with van der Waals surface area (Å²) in [5, 5.41) is 0. The van der Waals surface area contributed by atoms with Gasteiger partial charge in [-0.3, -0.25) is 0 Å². The first-order valence-corrected chi connectivity index (χ1v) is 8.37. The molecule has 1 aromatic carbocycles. The van der Waals surface area contributed by atoms with Crippen LogP contribution in [0.2, 0.25) is 0 Å². The second-order valence-corrected chi connectivity index (χ2v) is 6.51. The molecule has 0 aliphatic heterocycles. The summed E-state index contributed by atoms with van der Waals surface area (Å²) in [5.41, 5.74) is 2.38. The molecule has 114 valence electrons. The summed E-state index contributed by atoms with van der Waals surface area (Å²) in [4.78, 5) is 2.01. The van der Waals surface area contributed by atoms with Gasteiger partial charge in [-0.2, -0.15) is 8.42 Å². The van der Waals surface area contributed by atoms with E-state index >= 15 is 0 Å². The van der Waals surface area contributed by atoms with Crippen LogP contribution in [-0.4, -0.2) is 40.5 Å². The van der Waals surface area contributed by atoms with E-state index in [1.807, 2.05) is 19.0 Å². The molecule has 0 saturated carbocycles. The van der Waals surface area contributed by atoms with Crippen molar-refractivity contribution < 1.29 is 8.42 Å². The number of rotatable bonds is 8. The Morgan fingerprint density at radius 1 is 1.10 bits per heavy atom. The number of aryl methyl sites for hydroxylation is 1. The fourth-order valence-electron chi connectivity index (χ4n) is 2.00. The van der Waals surface area contributed by atoms with E-state index in [0.29, 0.717) is 13.1 Å². The third kappa shape index (κ3) is 5.20. The van der Waals surface area contributed by atoms with Crippen LogP contribution >= 0.6 is 0 Å². The Balaban J connectivity index is 2.78. The molecule has 0 amide bonds. The third-order valence-electron chi connectivity index (χ3n) is 3.20. The Bertz CT molecular complexity index is 498. The minimum atomic E-state index is -3.41. The molecule has 0 bridgehead atoms. The molecule has 6 heteroatoms. The van der Waals surface area contributed by atoms with Crippen molar-refractivity contribution in [1.29, 1.82) is 0 Å². The van der Waals surface area contributed by atoms with Crippen LogP contribution in [0.25, 0.3) is 0 Å². The average molecular weight is 299 g/mol. The molecule has 20 heavy (non-hydrogen) atoms. The Kier molecular flexibility index (Phi) is 6.61. The molecule has 0 fully saturated rings. The Morgan fingerprint density at radius 3 is 2.15 bits per heavy atom. The molecular formula is C14H25N3O2S. The van der Waals surface area contributed by atoms with Gasteiger partial charge in [-0.05, 0) is 31.6 Å². The first-order valence-electron chi connectivity index (χ1n) is 6.89. The molecular weight excluding hydrogens is 274 g/mol. The van der Waals surface area contributed by atoms with Crippen LogP contribution < -0.4 is 9.44 Å². The molecule has 0 aliphatic carbocycles. The molecule has 0 heterocycles. The zero-order valence-electron chi connectivity index (χ0n) is 12.7. The molecule has 0 aliphatic rings. The van der Waals surface area contributed by atoms with Gasteiger partial charge < -0.3 is 4.90 Å². The summed E-state index contributed by atoms with van der Waals surface area (Å²) < 4.78 is 28.3. The van der Waals surface area contributed by atoms with Gasteiger partial charge in [0, 0.05) is 19.1 Å². The van der Waals surface area contributed by atoms with E-state index in [1.54, 1.807) is 6.92 Å². The van der Waals surface area contributed by atoms with E-state index in [9.17, 15) is 8.42 Å². The van der Waals surface area contributed by atoms with Gasteiger partial charge in [0.2, 0.25) is 0 Å². The summed E-state index contributed by atoms with van der Waals surface area (Å²) in [5.74, 6) is 0. The van der Waals surface area contributed by atoms with Crippen molar-refractivity contribution >= 4 is 10.2 Å². The van der Waals surface area contributed by atoms with Crippen molar-refractivity contribution in [2.24, 2.45) is 0 Å². The van der Waals surface area contributed by atoms with Gasteiger partial charge in [0.15, 0.2) is 0 Å². The maximum Gasteiger partial charge on any atom is 0.276 e.